The summed E-state index contributed by atoms with van der Waals surface area (Å²) in [6.45, 7) is 1.97. The Kier molecular flexibility index (Phi) is 3.54. The number of aryl methyl sites for hydroxylation is 1. The number of anilines is 2. The second-order valence-electron chi connectivity index (χ2n) is 4.90. The second-order valence-corrected chi connectivity index (χ2v) is 5.34. The summed E-state index contributed by atoms with van der Waals surface area (Å²) in [6, 6.07) is 16.3. The number of hydrogen-bond donors (Lipinski definition) is 2. The van der Waals surface area contributed by atoms with Gasteiger partial charge in [-0.25, -0.2) is 4.98 Å². The molecule has 0 amide bonds. The highest BCUT2D eigenvalue weighted by Crippen LogP contribution is 2.24. The first-order chi connectivity index (χ1) is 10.1. The van der Waals surface area contributed by atoms with E-state index in [2.05, 4.69) is 34.6 Å². The molecule has 0 aliphatic heterocycles. The summed E-state index contributed by atoms with van der Waals surface area (Å²) >= 11 is 5.13. The van der Waals surface area contributed by atoms with Crippen LogP contribution in [0.25, 0.3) is 10.8 Å². The normalized spacial score (nSPS) is 10.5. The number of benzene rings is 2. The van der Waals surface area contributed by atoms with Gasteiger partial charge in [-0.1, -0.05) is 42.5 Å². The lowest BCUT2D eigenvalue weighted by Gasteiger charge is -2.12. The van der Waals surface area contributed by atoms with Gasteiger partial charge in [-0.3, -0.25) is 0 Å². The zero-order chi connectivity index (χ0) is 14.8. The highest BCUT2D eigenvalue weighted by Gasteiger charge is 2.10. The number of nitrogens with two attached hydrogens (primary N) is 1. The highest BCUT2D eigenvalue weighted by atomic mass is 32.1. The van der Waals surface area contributed by atoms with Gasteiger partial charge in [0.15, 0.2) is 0 Å². The lowest BCUT2D eigenvalue weighted by molar-refractivity contribution is 1.26. The summed E-state index contributed by atoms with van der Waals surface area (Å²) < 4.78 is 0. The standard InChI is InChI=1S/C17H15N3S/c1-11-8-9-19-17(15(11)16(18)21)20-14-7-6-12-4-2-3-5-13(12)10-14/h2-10H,1H3,(H2,18,21)(H,19,20). The quantitative estimate of drug-likeness (QED) is 0.719. The molecule has 3 aromatic rings. The van der Waals surface area contributed by atoms with Gasteiger partial charge in [-0.05, 0) is 41.5 Å². The van der Waals surface area contributed by atoms with Gasteiger partial charge >= 0.3 is 0 Å². The Bertz CT molecular complexity index is 827. The molecule has 0 aliphatic carbocycles. The first-order valence-electron chi connectivity index (χ1n) is 6.66. The van der Waals surface area contributed by atoms with Crippen molar-refractivity contribution in [1.29, 1.82) is 0 Å². The Labute approximate surface area is 128 Å². The van der Waals surface area contributed by atoms with E-state index in [4.69, 9.17) is 18.0 Å². The molecular formula is C17H15N3S. The van der Waals surface area contributed by atoms with Gasteiger partial charge in [-0.2, -0.15) is 0 Å². The molecular weight excluding hydrogens is 278 g/mol. The predicted molar refractivity (Wildman–Crippen MR) is 92.1 cm³/mol. The van der Waals surface area contributed by atoms with Crippen molar-refractivity contribution in [2.75, 3.05) is 5.32 Å². The van der Waals surface area contributed by atoms with Crippen molar-refractivity contribution in [2.45, 2.75) is 6.92 Å². The van der Waals surface area contributed by atoms with E-state index < -0.39 is 0 Å². The van der Waals surface area contributed by atoms with Gasteiger partial charge in [0.25, 0.3) is 0 Å². The topological polar surface area (TPSA) is 50.9 Å². The maximum absolute atomic E-state index is 5.81. The van der Waals surface area contributed by atoms with Crippen LogP contribution in [-0.2, 0) is 0 Å². The Morgan fingerprint density at radius 3 is 2.62 bits per heavy atom. The number of hydrogen-bond acceptors (Lipinski definition) is 3. The molecule has 3 rings (SSSR count). The Hall–Kier alpha value is -2.46. The van der Waals surface area contributed by atoms with E-state index in [0.29, 0.717) is 10.8 Å². The number of thiocarbonyl (C=S) groups is 1. The zero-order valence-electron chi connectivity index (χ0n) is 11.6. The maximum atomic E-state index is 5.81. The molecule has 4 heteroatoms. The Balaban J connectivity index is 2.02. The molecule has 0 fully saturated rings. The van der Waals surface area contributed by atoms with E-state index in [1.807, 2.05) is 31.2 Å². The Morgan fingerprint density at radius 1 is 1.10 bits per heavy atom. The fourth-order valence-corrected chi connectivity index (χ4v) is 2.63. The molecule has 0 bridgehead atoms. The minimum absolute atomic E-state index is 0.351. The molecule has 3 nitrogen and oxygen atoms in total. The van der Waals surface area contributed by atoms with Crippen molar-refractivity contribution in [2.24, 2.45) is 5.73 Å². The molecule has 104 valence electrons. The molecule has 1 heterocycles. The van der Waals surface area contributed by atoms with Crippen LogP contribution in [0.1, 0.15) is 11.1 Å². The third-order valence-corrected chi connectivity index (χ3v) is 3.62. The molecule has 0 saturated carbocycles. The van der Waals surface area contributed by atoms with Gasteiger partial charge in [0, 0.05) is 11.9 Å². The van der Waals surface area contributed by atoms with Crippen LogP contribution in [0.5, 0.6) is 0 Å². The van der Waals surface area contributed by atoms with E-state index in [0.717, 1.165) is 16.8 Å². The third-order valence-electron chi connectivity index (χ3n) is 3.42. The van der Waals surface area contributed by atoms with Crippen LogP contribution < -0.4 is 11.1 Å². The first-order valence-corrected chi connectivity index (χ1v) is 7.07. The SMILES string of the molecule is Cc1ccnc(Nc2ccc3ccccc3c2)c1C(N)=S. The van der Waals surface area contributed by atoms with Crippen LogP contribution in [0.15, 0.2) is 54.7 Å². The summed E-state index contributed by atoms with van der Waals surface area (Å²) in [5.41, 5.74) is 8.58. The summed E-state index contributed by atoms with van der Waals surface area (Å²) in [7, 11) is 0. The average molecular weight is 293 g/mol. The number of nitrogens with one attached hydrogen (secondary N) is 1. The van der Waals surface area contributed by atoms with Crippen molar-refractivity contribution >= 4 is 39.5 Å². The molecule has 0 spiro atoms. The highest BCUT2D eigenvalue weighted by molar-refractivity contribution is 7.80. The summed E-state index contributed by atoms with van der Waals surface area (Å²) in [5.74, 6) is 0.692. The van der Waals surface area contributed by atoms with E-state index in [9.17, 15) is 0 Å². The zero-order valence-corrected chi connectivity index (χ0v) is 12.4. The maximum Gasteiger partial charge on any atom is 0.140 e. The van der Waals surface area contributed by atoms with Gasteiger partial charge in [0.05, 0.1) is 5.56 Å². The molecule has 0 radical (unpaired) electrons. The smallest absolute Gasteiger partial charge is 0.140 e. The fraction of sp³-hybridized carbons (Fsp3) is 0.0588. The Morgan fingerprint density at radius 2 is 1.86 bits per heavy atom. The number of fused-ring (bicyclic) bond motifs is 1. The second kappa shape index (κ2) is 5.50. The molecule has 0 saturated heterocycles. The van der Waals surface area contributed by atoms with Crippen molar-refractivity contribution in [1.82, 2.24) is 4.98 Å². The van der Waals surface area contributed by atoms with Gasteiger partial charge < -0.3 is 11.1 Å². The number of rotatable bonds is 3. The number of nitrogens with zero attached hydrogens (tertiary/aromatic N) is 1. The molecule has 0 atom stereocenters. The van der Waals surface area contributed by atoms with Crippen LogP contribution in [-0.4, -0.2) is 9.97 Å². The number of pyridine rings is 1. The average Bonchev–Trinajstić information content (AvgIpc) is 2.47. The van der Waals surface area contributed by atoms with E-state index in [-0.39, 0.29) is 0 Å². The van der Waals surface area contributed by atoms with Crippen molar-refractivity contribution in [3.05, 3.63) is 65.9 Å². The lowest BCUT2D eigenvalue weighted by Crippen LogP contribution is -2.14. The molecule has 21 heavy (non-hydrogen) atoms. The molecule has 0 unspecified atom stereocenters. The largest absolute Gasteiger partial charge is 0.389 e. The van der Waals surface area contributed by atoms with E-state index in [1.54, 1.807) is 6.20 Å². The minimum Gasteiger partial charge on any atom is -0.389 e. The van der Waals surface area contributed by atoms with Gasteiger partial charge in [0.1, 0.15) is 10.8 Å². The molecule has 1 aromatic heterocycles. The van der Waals surface area contributed by atoms with Gasteiger partial charge in [-0.15, -0.1) is 0 Å². The molecule has 2 aromatic carbocycles. The van der Waals surface area contributed by atoms with Crippen LogP contribution >= 0.6 is 12.2 Å². The van der Waals surface area contributed by atoms with Crippen LogP contribution in [0, 0.1) is 6.92 Å². The van der Waals surface area contributed by atoms with Crippen molar-refractivity contribution < 1.29 is 0 Å². The predicted octanol–water partition coefficient (Wildman–Crippen LogP) is 3.92. The van der Waals surface area contributed by atoms with Crippen LogP contribution in [0.3, 0.4) is 0 Å². The lowest BCUT2D eigenvalue weighted by atomic mass is 10.1. The van der Waals surface area contributed by atoms with E-state index >= 15 is 0 Å². The van der Waals surface area contributed by atoms with Crippen molar-refractivity contribution in [3.8, 4) is 0 Å². The monoisotopic (exact) mass is 293 g/mol. The van der Waals surface area contributed by atoms with Crippen LogP contribution in [0.4, 0.5) is 11.5 Å². The molecule has 3 N–H and O–H groups in total. The number of aromatic nitrogens is 1. The van der Waals surface area contributed by atoms with Crippen molar-refractivity contribution in [3.63, 3.8) is 0 Å². The molecule has 0 aliphatic rings. The third kappa shape index (κ3) is 2.71. The van der Waals surface area contributed by atoms with E-state index in [1.165, 1.54) is 10.8 Å². The fourth-order valence-electron chi connectivity index (χ4n) is 2.37. The minimum atomic E-state index is 0.351. The summed E-state index contributed by atoms with van der Waals surface area (Å²) in [5, 5.41) is 5.68. The van der Waals surface area contributed by atoms with Gasteiger partial charge in [0.2, 0.25) is 0 Å². The first kappa shape index (κ1) is 13.5. The summed E-state index contributed by atoms with van der Waals surface area (Å²) in [6.07, 6.45) is 1.75. The van der Waals surface area contributed by atoms with Crippen LogP contribution in [0.2, 0.25) is 0 Å². The summed E-state index contributed by atoms with van der Waals surface area (Å²) in [4.78, 5) is 4.71.